The number of hydrogen-bond donors (Lipinski definition) is 3. The maximum absolute atomic E-state index is 11.7. The molecule has 88 valence electrons. The van der Waals surface area contributed by atoms with E-state index in [0.29, 0.717) is 5.69 Å². The number of rotatable bonds is 2. The average Bonchev–Trinajstić information content (AvgIpc) is 2.70. The number of benzene rings is 1. The van der Waals surface area contributed by atoms with Gasteiger partial charge in [0.15, 0.2) is 0 Å². The van der Waals surface area contributed by atoms with Crippen LogP contribution in [0, 0.1) is 0 Å². The van der Waals surface area contributed by atoms with Crippen molar-refractivity contribution in [2.75, 3.05) is 16.9 Å². The van der Waals surface area contributed by atoms with Crippen LogP contribution in [0.5, 0.6) is 5.75 Å². The first kappa shape index (κ1) is 13.2. The van der Waals surface area contributed by atoms with Gasteiger partial charge in [0.1, 0.15) is 5.75 Å². The molecule has 1 atom stereocenters. The Morgan fingerprint density at radius 1 is 1.56 bits per heavy atom. The van der Waals surface area contributed by atoms with Crippen LogP contribution in [-0.2, 0) is 4.79 Å². The van der Waals surface area contributed by atoms with Crippen LogP contribution >= 0.6 is 24.2 Å². The molecule has 1 amide bonds. The fraction of sp³-hybridized carbons (Fsp3) is 0.300. The lowest BCUT2D eigenvalue weighted by Crippen LogP contribution is -2.37. The number of phenolic OH excluding ortho intramolecular Hbond substituents is 1. The Morgan fingerprint density at radius 2 is 2.38 bits per heavy atom. The van der Waals surface area contributed by atoms with Gasteiger partial charge in [0.05, 0.1) is 6.04 Å². The Labute approximate surface area is 104 Å². The minimum absolute atomic E-state index is 0. The fourth-order valence-electron chi connectivity index (χ4n) is 1.38. The molecule has 0 unspecified atom stereocenters. The van der Waals surface area contributed by atoms with Crippen molar-refractivity contribution in [2.24, 2.45) is 0 Å². The largest absolute Gasteiger partial charge is 0.508 e. The van der Waals surface area contributed by atoms with Crippen molar-refractivity contribution in [3.63, 3.8) is 0 Å². The molecule has 3 N–H and O–H groups in total. The van der Waals surface area contributed by atoms with Crippen LogP contribution in [0.15, 0.2) is 24.3 Å². The highest BCUT2D eigenvalue weighted by molar-refractivity contribution is 7.99. The van der Waals surface area contributed by atoms with Crippen LogP contribution in [0.25, 0.3) is 0 Å². The lowest BCUT2D eigenvalue weighted by atomic mass is 10.2. The van der Waals surface area contributed by atoms with Crippen LogP contribution in [0.3, 0.4) is 0 Å². The molecule has 1 heterocycles. The predicted octanol–water partition coefficient (Wildman–Crippen LogP) is 1.42. The van der Waals surface area contributed by atoms with E-state index in [1.807, 2.05) is 0 Å². The number of phenols is 1. The van der Waals surface area contributed by atoms with Crippen LogP contribution < -0.4 is 10.6 Å². The number of carbonyl (C=O) groups excluding carboxylic acids is 1. The molecular weight excluding hydrogens is 248 g/mol. The predicted molar refractivity (Wildman–Crippen MR) is 68.2 cm³/mol. The number of hydrogen-bond acceptors (Lipinski definition) is 4. The number of nitrogens with one attached hydrogen (secondary N) is 2. The number of amides is 1. The van der Waals surface area contributed by atoms with Crippen LogP contribution in [-0.4, -0.2) is 28.7 Å². The topological polar surface area (TPSA) is 61.4 Å². The molecule has 2 rings (SSSR count). The van der Waals surface area contributed by atoms with Gasteiger partial charge in [-0.25, -0.2) is 0 Å². The highest BCUT2D eigenvalue weighted by Gasteiger charge is 2.22. The number of carbonyl (C=O) groups is 1. The Balaban J connectivity index is 0.00000128. The summed E-state index contributed by atoms with van der Waals surface area (Å²) in [6.45, 7) is 0. The molecule has 1 aromatic carbocycles. The van der Waals surface area contributed by atoms with E-state index in [1.54, 1.807) is 30.0 Å². The first-order valence-corrected chi connectivity index (χ1v) is 5.82. The smallest absolute Gasteiger partial charge is 0.242 e. The second-order valence-corrected chi connectivity index (χ2v) is 4.34. The molecular formula is C10H13ClN2O2S. The molecule has 0 aliphatic carbocycles. The first-order valence-electron chi connectivity index (χ1n) is 4.67. The third-order valence-electron chi connectivity index (χ3n) is 2.15. The van der Waals surface area contributed by atoms with Gasteiger partial charge in [-0.2, -0.15) is 0 Å². The Kier molecular flexibility index (Phi) is 4.92. The summed E-state index contributed by atoms with van der Waals surface area (Å²) >= 11 is 1.70. The summed E-state index contributed by atoms with van der Waals surface area (Å²) in [5, 5.41) is 15.0. The summed E-state index contributed by atoms with van der Waals surface area (Å²) in [7, 11) is 0. The van der Waals surface area contributed by atoms with Gasteiger partial charge in [0.2, 0.25) is 5.91 Å². The third kappa shape index (κ3) is 3.30. The number of halogens is 1. The normalized spacial score (nSPS) is 18.9. The lowest BCUT2D eigenvalue weighted by molar-refractivity contribution is -0.117. The molecule has 6 heteroatoms. The molecule has 16 heavy (non-hydrogen) atoms. The minimum atomic E-state index is -0.127. The van der Waals surface area contributed by atoms with Gasteiger partial charge < -0.3 is 10.4 Å². The van der Waals surface area contributed by atoms with E-state index in [2.05, 4.69) is 10.6 Å². The highest BCUT2D eigenvalue weighted by atomic mass is 35.5. The maximum Gasteiger partial charge on any atom is 0.242 e. The van der Waals surface area contributed by atoms with E-state index in [0.717, 1.165) is 11.6 Å². The molecule has 1 fully saturated rings. The number of anilines is 1. The monoisotopic (exact) mass is 260 g/mol. The van der Waals surface area contributed by atoms with Gasteiger partial charge in [-0.15, -0.1) is 24.2 Å². The lowest BCUT2D eigenvalue weighted by Gasteiger charge is -2.10. The van der Waals surface area contributed by atoms with E-state index in [1.165, 1.54) is 6.07 Å². The van der Waals surface area contributed by atoms with E-state index in [4.69, 9.17) is 0 Å². The number of aromatic hydroxyl groups is 1. The molecule has 0 aromatic heterocycles. The van der Waals surface area contributed by atoms with Crippen molar-refractivity contribution < 1.29 is 9.90 Å². The standard InChI is InChI=1S/C10H12N2O2S.ClH/c13-8-3-1-2-7(4-8)12-10(14)9-5-15-6-11-9;/h1-4,9,11,13H,5-6H2,(H,12,14);1H/t9-;/m1./s1. The molecule has 1 saturated heterocycles. The number of thioether (sulfide) groups is 1. The second kappa shape index (κ2) is 5.98. The molecule has 1 aliphatic heterocycles. The molecule has 0 saturated carbocycles. The maximum atomic E-state index is 11.7. The van der Waals surface area contributed by atoms with E-state index < -0.39 is 0 Å². The minimum Gasteiger partial charge on any atom is -0.508 e. The van der Waals surface area contributed by atoms with Gasteiger partial charge in [-0.05, 0) is 12.1 Å². The Morgan fingerprint density at radius 3 is 3.00 bits per heavy atom. The Hall–Kier alpha value is -0.910. The van der Waals surface area contributed by atoms with E-state index >= 15 is 0 Å². The van der Waals surface area contributed by atoms with Crippen LogP contribution in [0.2, 0.25) is 0 Å². The third-order valence-corrected chi connectivity index (χ3v) is 3.09. The summed E-state index contributed by atoms with van der Waals surface area (Å²) in [4.78, 5) is 11.7. The summed E-state index contributed by atoms with van der Waals surface area (Å²) in [5.74, 6) is 1.72. The SMILES string of the molecule is Cl.O=C(Nc1cccc(O)c1)[C@H]1CSCN1. The van der Waals surface area contributed by atoms with Gasteiger partial charge >= 0.3 is 0 Å². The van der Waals surface area contributed by atoms with Gasteiger partial charge in [0.25, 0.3) is 0 Å². The van der Waals surface area contributed by atoms with Crippen molar-refractivity contribution in [1.82, 2.24) is 5.32 Å². The molecule has 1 aromatic rings. The zero-order valence-corrected chi connectivity index (χ0v) is 10.1. The Bertz CT molecular complexity index is 370. The summed E-state index contributed by atoms with van der Waals surface area (Å²) < 4.78 is 0. The van der Waals surface area contributed by atoms with E-state index in [9.17, 15) is 9.90 Å². The summed E-state index contributed by atoms with van der Waals surface area (Å²) in [6.07, 6.45) is 0. The molecule has 4 nitrogen and oxygen atoms in total. The fourth-order valence-corrected chi connectivity index (χ4v) is 2.32. The second-order valence-electron chi connectivity index (χ2n) is 3.31. The quantitative estimate of drug-likeness (QED) is 0.753. The first-order chi connectivity index (χ1) is 7.25. The molecule has 0 bridgehead atoms. The van der Waals surface area contributed by atoms with Crippen molar-refractivity contribution >= 4 is 35.8 Å². The van der Waals surface area contributed by atoms with Gasteiger partial charge in [-0.1, -0.05) is 6.07 Å². The van der Waals surface area contributed by atoms with Gasteiger partial charge in [-0.3, -0.25) is 10.1 Å². The molecule has 0 radical (unpaired) electrons. The van der Waals surface area contributed by atoms with Crippen molar-refractivity contribution in [1.29, 1.82) is 0 Å². The highest BCUT2D eigenvalue weighted by Crippen LogP contribution is 2.17. The van der Waals surface area contributed by atoms with Crippen LogP contribution in [0.4, 0.5) is 5.69 Å². The van der Waals surface area contributed by atoms with Crippen molar-refractivity contribution in [3.05, 3.63) is 24.3 Å². The summed E-state index contributed by atoms with van der Waals surface area (Å²) in [5.41, 5.74) is 0.624. The van der Waals surface area contributed by atoms with Crippen molar-refractivity contribution in [3.8, 4) is 5.75 Å². The molecule has 1 aliphatic rings. The summed E-state index contributed by atoms with van der Waals surface area (Å²) in [6, 6.07) is 6.42. The van der Waals surface area contributed by atoms with Gasteiger partial charge in [0, 0.05) is 23.4 Å². The van der Waals surface area contributed by atoms with Crippen molar-refractivity contribution in [2.45, 2.75) is 6.04 Å². The zero-order valence-electron chi connectivity index (χ0n) is 8.47. The van der Waals surface area contributed by atoms with Crippen LogP contribution in [0.1, 0.15) is 0 Å². The molecule has 0 spiro atoms. The van der Waals surface area contributed by atoms with E-state index in [-0.39, 0.29) is 30.1 Å². The zero-order chi connectivity index (χ0) is 10.7. The average molecular weight is 261 g/mol.